The average molecular weight is 537 g/mol. The molecule has 182 valence electrons. The Hall–Kier alpha value is 0.750. The second kappa shape index (κ2) is 9.94. The minimum Gasteiger partial charge on any atom is -0.339 e. The van der Waals surface area contributed by atoms with E-state index in [1.54, 1.807) is 13.8 Å². The highest BCUT2D eigenvalue weighted by atomic mass is 31.3. The Morgan fingerprint density at radius 3 is 1.20 bits per heavy atom. The highest BCUT2D eigenvalue weighted by Gasteiger charge is 2.36. The summed E-state index contributed by atoms with van der Waals surface area (Å²) in [6, 6.07) is 0. The molecule has 0 spiro atoms. The Kier molecular flexibility index (Phi) is 10.2. The highest BCUT2D eigenvalue weighted by molar-refractivity contribution is 7.74. The lowest BCUT2D eigenvalue weighted by Crippen LogP contribution is -2.18. The predicted octanol–water partition coefficient (Wildman–Crippen LogP) is 3.10. The topological polar surface area (TPSA) is 264 Å². The van der Waals surface area contributed by atoms with Crippen molar-refractivity contribution in [2.45, 2.75) is 65.1 Å². The maximum Gasteiger partial charge on any atom is 0.343 e. The molecule has 0 aromatic carbocycles. The number of hydrogen-bond donors (Lipinski definition) is 10. The van der Waals surface area contributed by atoms with Crippen LogP contribution in [0.1, 0.15) is 54.4 Å². The van der Waals surface area contributed by atoms with Crippen LogP contribution in [0, 0.1) is 0 Å². The molecule has 10 N–H and O–H groups in total. The summed E-state index contributed by atoms with van der Waals surface area (Å²) in [6.45, 7) is 9.02. The van der Waals surface area contributed by atoms with Crippen molar-refractivity contribution in [1.29, 1.82) is 0 Å². The maximum absolute atomic E-state index is 10.1. The minimum atomic E-state index is -5.27. The molecule has 20 heteroatoms. The number of rotatable bonds is 8. The quantitative estimate of drug-likeness (QED) is 0.202. The summed E-state index contributed by atoms with van der Waals surface area (Å²) in [5.41, 5.74) is -1.01. The summed E-state index contributed by atoms with van der Waals surface area (Å²) < 4.78 is 15.1. The molecule has 0 atom stereocenters. The third-order valence-electron chi connectivity index (χ3n) is 3.91. The highest BCUT2D eigenvalue weighted by Crippen LogP contribution is 2.69. The third kappa shape index (κ3) is 10.6. The fraction of sp³-hybridized carbons (Fsp3) is 1.00. The van der Waals surface area contributed by atoms with Gasteiger partial charge in [0.15, 0.2) is 0 Å². The fourth-order valence-corrected chi connectivity index (χ4v) is 10.5. The molecule has 30 heavy (non-hydrogen) atoms. The second-order valence-electron chi connectivity index (χ2n) is 7.50. The van der Waals surface area contributed by atoms with Crippen LogP contribution in [0.25, 0.3) is 0 Å². The van der Waals surface area contributed by atoms with Crippen LogP contribution in [0.15, 0.2) is 22.8 Å². The Morgan fingerprint density at radius 2 is 0.867 bits per heavy atom. The normalized spacial score (nSPS) is 14.9. The summed E-state index contributed by atoms with van der Waals surface area (Å²) in [4.78, 5) is 98.8. The minimum absolute atomic E-state index is 0.164. The van der Waals surface area contributed by atoms with Crippen LogP contribution in [0.3, 0.4) is 0 Å². The van der Waals surface area contributed by atoms with Crippen molar-refractivity contribution in [3.05, 3.63) is 0 Å². The van der Waals surface area contributed by atoms with Crippen molar-refractivity contribution >= 4 is 38.1 Å². The molecule has 0 unspecified atom stereocenters. The SMILES string of the molecule is CCC(C)(C)N=P(O)(O)N=P(O)(O)N=P(O)(O)N=P(O)(O)N=P(O)(O)C(C)(C)CC. The Balaban J connectivity index is 6.56. The molecular formula is C10H32N5O10P5. The van der Waals surface area contributed by atoms with Gasteiger partial charge in [0, 0.05) is 5.16 Å². The zero-order valence-electron chi connectivity index (χ0n) is 17.4. The van der Waals surface area contributed by atoms with E-state index < -0.39 is 48.8 Å². The molecular weight excluding hydrogens is 505 g/mol. The van der Waals surface area contributed by atoms with Gasteiger partial charge in [0.05, 0.1) is 5.54 Å². The van der Waals surface area contributed by atoms with E-state index in [-0.39, 0.29) is 6.42 Å². The molecule has 0 rings (SSSR count). The fourth-order valence-electron chi connectivity index (χ4n) is 1.49. The first kappa shape index (κ1) is 30.8. The van der Waals surface area contributed by atoms with E-state index in [9.17, 15) is 48.9 Å². The predicted molar refractivity (Wildman–Crippen MR) is 118 cm³/mol. The Bertz CT molecular complexity index is 899. The maximum atomic E-state index is 10.1. The van der Waals surface area contributed by atoms with E-state index in [1.165, 1.54) is 27.7 Å². The van der Waals surface area contributed by atoms with Gasteiger partial charge in [-0.1, -0.05) is 27.7 Å². The second-order valence-corrected chi connectivity index (χ2v) is 17.2. The third-order valence-corrected chi connectivity index (χ3v) is 14.4. The van der Waals surface area contributed by atoms with Crippen LogP contribution in [-0.4, -0.2) is 59.6 Å². The van der Waals surface area contributed by atoms with Crippen molar-refractivity contribution in [3.8, 4) is 0 Å². The van der Waals surface area contributed by atoms with Gasteiger partial charge in [0.2, 0.25) is 7.51 Å². The van der Waals surface area contributed by atoms with Gasteiger partial charge < -0.3 is 48.9 Å². The van der Waals surface area contributed by atoms with Gasteiger partial charge in [0.1, 0.15) is 0 Å². The lowest BCUT2D eigenvalue weighted by Gasteiger charge is -2.29. The molecule has 0 aromatic heterocycles. The molecule has 0 amide bonds. The van der Waals surface area contributed by atoms with Crippen LogP contribution in [0.4, 0.5) is 0 Å². The first-order chi connectivity index (χ1) is 12.9. The first-order valence-corrected chi connectivity index (χ1v) is 16.4. The van der Waals surface area contributed by atoms with Crippen LogP contribution < -0.4 is 0 Å². The molecule has 0 heterocycles. The number of hydrogen-bond acceptors (Lipinski definition) is 1. The summed E-state index contributed by atoms with van der Waals surface area (Å²) >= 11 is 0. The lowest BCUT2D eigenvalue weighted by molar-refractivity contribution is 0.409. The molecule has 0 aliphatic heterocycles. The van der Waals surface area contributed by atoms with Crippen LogP contribution >= 0.6 is 38.1 Å². The van der Waals surface area contributed by atoms with E-state index in [4.69, 9.17) is 0 Å². The summed E-state index contributed by atoms with van der Waals surface area (Å²) in [7, 11) is -24.5. The lowest BCUT2D eigenvalue weighted by atomic mass is 10.1. The largest absolute Gasteiger partial charge is 0.343 e. The molecule has 0 saturated heterocycles. The van der Waals surface area contributed by atoms with Crippen LogP contribution in [0.2, 0.25) is 0 Å². The zero-order valence-corrected chi connectivity index (χ0v) is 21.8. The van der Waals surface area contributed by atoms with Gasteiger partial charge in [-0.15, -0.1) is 13.5 Å². The molecule has 0 fully saturated rings. The zero-order chi connectivity index (χ0) is 24.4. The van der Waals surface area contributed by atoms with Crippen molar-refractivity contribution in [2.24, 2.45) is 22.8 Å². The molecule has 0 bridgehead atoms. The smallest absolute Gasteiger partial charge is 0.339 e. The van der Waals surface area contributed by atoms with Gasteiger partial charge in [-0.3, -0.25) is 0 Å². The molecule has 15 nitrogen and oxygen atoms in total. The first-order valence-electron chi connectivity index (χ1n) is 8.37. The molecule has 0 radical (unpaired) electrons. The van der Waals surface area contributed by atoms with Crippen molar-refractivity contribution in [2.75, 3.05) is 0 Å². The summed E-state index contributed by atoms with van der Waals surface area (Å²) in [5.74, 6) is 0. The average Bonchev–Trinajstić information content (AvgIpc) is 2.40. The Morgan fingerprint density at radius 1 is 0.533 bits per heavy atom. The van der Waals surface area contributed by atoms with Crippen molar-refractivity contribution in [3.63, 3.8) is 0 Å². The van der Waals surface area contributed by atoms with Crippen LogP contribution in [0.5, 0.6) is 0 Å². The van der Waals surface area contributed by atoms with E-state index in [0.29, 0.717) is 6.42 Å². The van der Waals surface area contributed by atoms with Crippen LogP contribution in [-0.2, 0) is 0 Å². The molecule has 0 aliphatic carbocycles. The van der Waals surface area contributed by atoms with Gasteiger partial charge in [0.25, 0.3) is 0 Å². The van der Waals surface area contributed by atoms with Gasteiger partial charge in [-0.2, -0.15) is 4.52 Å². The standard InChI is InChI=1S/C10H32N5O10P5/c1-7-9(3,4)11-27(18,19)13-29(22,23)15-30(24,25)14-28(20,21)12-26(16,17)10(5,6)8-2/h16-25H,7-8H2,1-6H3. The van der Waals surface area contributed by atoms with Gasteiger partial charge in [-0.05, 0) is 26.7 Å². The monoisotopic (exact) mass is 537 g/mol. The van der Waals surface area contributed by atoms with E-state index in [1.807, 2.05) is 0 Å². The van der Waals surface area contributed by atoms with E-state index >= 15 is 0 Å². The summed E-state index contributed by atoms with van der Waals surface area (Å²) in [5, 5.41) is -1.28. The molecule has 0 aromatic rings. The van der Waals surface area contributed by atoms with Gasteiger partial charge >= 0.3 is 30.6 Å². The molecule has 0 saturated carbocycles. The van der Waals surface area contributed by atoms with Crippen molar-refractivity contribution < 1.29 is 48.9 Å². The molecule has 0 aliphatic rings. The van der Waals surface area contributed by atoms with Gasteiger partial charge in [-0.25, -0.2) is 4.74 Å². The van der Waals surface area contributed by atoms with E-state index in [2.05, 4.69) is 22.8 Å². The number of nitrogens with zero attached hydrogens (tertiary/aromatic N) is 5. The van der Waals surface area contributed by atoms with E-state index in [0.717, 1.165) is 0 Å². The summed E-state index contributed by atoms with van der Waals surface area (Å²) in [6.07, 6.45) is 0.499. The Labute approximate surface area is 175 Å². The van der Waals surface area contributed by atoms with Crippen molar-refractivity contribution in [1.82, 2.24) is 0 Å².